The van der Waals surface area contributed by atoms with Gasteiger partial charge >= 0.3 is 0 Å². The molecule has 1 atom stereocenters. The van der Waals surface area contributed by atoms with Crippen molar-refractivity contribution in [3.05, 3.63) is 54.0 Å². The number of para-hydroxylation sites is 1. The first-order valence-electron chi connectivity index (χ1n) is 11.3. The highest BCUT2D eigenvalue weighted by atomic mass is 16.5. The lowest BCUT2D eigenvalue weighted by Crippen LogP contribution is -2.10. The quantitative estimate of drug-likeness (QED) is 0.375. The molecule has 4 heterocycles. The molecule has 2 N–H and O–H groups in total. The van der Waals surface area contributed by atoms with Crippen LogP contribution in [0.3, 0.4) is 0 Å². The van der Waals surface area contributed by atoms with Crippen LogP contribution in [-0.4, -0.2) is 56.4 Å². The van der Waals surface area contributed by atoms with Crippen molar-refractivity contribution in [2.24, 2.45) is 0 Å². The van der Waals surface area contributed by atoms with Gasteiger partial charge in [0.1, 0.15) is 22.7 Å². The first-order valence-corrected chi connectivity index (χ1v) is 11.3. The van der Waals surface area contributed by atoms with Gasteiger partial charge in [-0.25, -0.2) is 14.6 Å². The number of benzene rings is 1. The number of hydrogen-bond donors (Lipinski definition) is 1. The van der Waals surface area contributed by atoms with E-state index in [1.54, 1.807) is 11.8 Å². The summed E-state index contributed by atoms with van der Waals surface area (Å²) in [4.78, 5) is 13.4. The molecule has 0 unspecified atom stereocenters. The Bertz CT molecular complexity index is 1270. The molecule has 1 aromatic carbocycles. The van der Waals surface area contributed by atoms with Gasteiger partial charge in [-0.15, -0.1) is 5.10 Å². The maximum atomic E-state index is 5.96. The molecule has 0 aliphatic carbocycles. The van der Waals surface area contributed by atoms with Gasteiger partial charge in [-0.1, -0.05) is 23.4 Å². The SMILES string of the molecule is COc1cccc2c(-c3cn(Cc4cccc(COCC[C@H]5CCCO5)n4)nn3)nc(N)nc12. The van der Waals surface area contributed by atoms with Crippen LogP contribution in [0.2, 0.25) is 0 Å². The molecular weight excluding hydrogens is 434 g/mol. The maximum absolute atomic E-state index is 5.96. The molecule has 10 heteroatoms. The van der Waals surface area contributed by atoms with Gasteiger partial charge in [0, 0.05) is 18.6 Å². The molecule has 0 bridgehead atoms. The Balaban J connectivity index is 1.27. The molecular formula is C24H27N7O3. The molecule has 34 heavy (non-hydrogen) atoms. The van der Waals surface area contributed by atoms with E-state index < -0.39 is 0 Å². The number of fused-ring (bicyclic) bond motifs is 1. The second-order valence-corrected chi connectivity index (χ2v) is 8.18. The first-order chi connectivity index (χ1) is 16.7. The van der Waals surface area contributed by atoms with E-state index in [0.29, 0.717) is 48.5 Å². The largest absolute Gasteiger partial charge is 0.494 e. The standard InChI is InChI=1S/C24H27N7O3/c1-32-21-9-3-8-19-22(27-24(25)28-23(19)21)20-14-31(30-29-20)13-16-5-2-6-17(26-16)15-33-12-10-18-7-4-11-34-18/h2-3,5-6,8-9,14,18H,4,7,10-13,15H2,1H3,(H2,25,27,28)/t18-/m1/s1. The summed E-state index contributed by atoms with van der Waals surface area (Å²) in [6.45, 7) is 2.48. The van der Waals surface area contributed by atoms with E-state index in [-0.39, 0.29) is 5.95 Å². The van der Waals surface area contributed by atoms with Crippen molar-refractivity contribution in [1.29, 1.82) is 0 Å². The number of methoxy groups -OCH3 is 1. The summed E-state index contributed by atoms with van der Waals surface area (Å²) in [7, 11) is 1.60. The molecule has 0 amide bonds. The van der Waals surface area contributed by atoms with Gasteiger partial charge < -0.3 is 19.9 Å². The highest BCUT2D eigenvalue weighted by Gasteiger charge is 2.16. The van der Waals surface area contributed by atoms with Gasteiger partial charge in [0.2, 0.25) is 5.95 Å². The smallest absolute Gasteiger partial charge is 0.221 e. The fraction of sp³-hybridized carbons (Fsp3) is 0.375. The summed E-state index contributed by atoms with van der Waals surface area (Å²) in [5.74, 6) is 0.773. The summed E-state index contributed by atoms with van der Waals surface area (Å²) in [6.07, 6.45) is 5.36. The second kappa shape index (κ2) is 10.1. The molecule has 176 valence electrons. The van der Waals surface area contributed by atoms with Crippen LogP contribution >= 0.6 is 0 Å². The van der Waals surface area contributed by atoms with Crippen molar-refractivity contribution in [2.45, 2.75) is 38.5 Å². The highest BCUT2D eigenvalue weighted by Crippen LogP contribution is 2.30. The molecule has 1 aliphatic rings. The number of aromatic nitrogens is 6. The van der Waals surface area contributed by atoms with E-state index in [2.05, 4.69) is 20.3 Å². The summed E-state index contributed by atoms with van der Waals surface area (Å²) in [5, 5.41) is 9.37. The van der Waals surface area contributed by atoms with Crippen molar-refractivity contribution < 1.29 is 14.2 Å². The zero-order chi connectivity index (χ0) is 23.3. The fourth-order valence-corrected chi connectivity index (χ4v) is 4.11. The number of hydrogen-bond acceptors (Lipinski definition) is 9. The van der Waals surface area contributed by atoms with Crippen LogP contribution in [0.15, 0.2) is 42.6 Å². The zero-order valence-electron chi connectivity index (χ0n) is 19.1. The van der Waals surface area contributed by atoms with Gasteiger partial charge in [0.05, 0.1) is 44.0 Å². The monoisotopic (exact) mass is 461 g/mol. The number of pyridine rings is 1. The predicted octanol–water partition coefficient (Wildman–Crippen LogP) is 3.01. The lowest BCUT2D eigenvalue weighted by molar-refractivity contribution is 0.0527. The Morgan fingerprint density at radius 1 is 1.12 bits per heavy atom. The number of nitrogen functional groups attached to an aromatic ring is 1. The maximum Gasteiger partial charge on any atom is 0.221 e. The molecule has 0 saturated carbocycles. The van der Waals surface area contributed by atoms with E-state index in [9.17, 15) is 0 Å². The number of ether oxygens (including phenoxy) is 3. The molecule has 0 spiro atoms. The van der Waals surface area contributed by atoms with Crippen LogP contribution < -0.4 is 10.5 Å². The van der Waals surface area contributed by atoms with Crippen molar-refractivity contribution in [2.75, 3.05) is 26.1 Å². The third-order valence-electron chi connectivity index (χ3n) is 5.75. The van der Waals surface area contributed by atoms with Crippen LogP contribution in [0.1, 0.15) is 30.7 Å². The number of rotatable bonds is 9. The lowest BCUT2D eigenvalue weighted by Gasteiger charge is -2.10. The van der Waals surface area contributed by atoms with Crippen molar-refractivity contribution in [3.8, 4) is 17.1 Å². The van der Waals surface area contributed by atoms with Crippen LogP contribution in [0.4, 0.5) is 5.95 Å². The predicted molar refractivity (Wildman–Crippen MR) is 126 cm³/mol. The molecule has 3 aromatic heterocycles. The Hall–Kier alpha value is -3.63. The van der Waals surface area contributed by atoms with Crippen LogP contribution in [0, 0.1) is 0 Å². The van der Waals surface area contributed by atoms with Crippen LogP contribution in [0.25, 0.3) is 22.3 Å². The normalized spacial score (nSPS) is 15.7. The number of nitrogens with two attached hydrogens (primary N) is 1. The fourth-order valence-electron chi connectivity index (χ4n) is 4.11. The Morgan fingerprint density at radius 2 is 2.00 bits per heavy atom. The van der Waals surface area contributed by atoms with Crippen molar-refractivity contribution in [1.82, 2.24) is 29.9 Å². The van der Waals surface area contributed by atoms with E-state index in [1.807, 2.05) is 42.6 Å². The highest BCUT2D eigenvalue weighted by molar-refractivity contribution is 5.95. The minimum absolute atomic E-state index is 0.149. The van der Waals surface area contributed by atoms with E-state index in [0.717, 1.165) is 42.6 Å². The molecule has 10 nitrogen and oxygen atoms in total. The third-order valence-corrected chi connectivity index (χ3v) is 5.75. The van der Waals surface area contributed by atoms with Crippen molar-refractivity contribution in [3.63, 3.8) is 0 Å². The summed E-state index contributed by atoms with van der Waals surface area (Å²) >= 11 is 0. The first kappa shape index (κ1) is 22.2. The van der Waals surface area contributed by atoms with Gasteiger partial charge in [0.15, 0.2) is 0 Å². The van der Waals surface area contributed by atoms with Gasteiger partial charge in [-0.3, -0.25) is 4.98 Å². The topological polar surface area (TPSA) is 123 Å². The molecule has 5 rings (SSSR count). The third kappa shape index (κ3) is 4.97. The van der Waals surface area contributed by atoms with Gasteiger partial charge in [-0.2, -0.15) is 0 Å². The molecule has 0 radical (unpaired) electrons. The van der Waals surface area contributed by atoms with E-state index >= 15 is 0 Å². The van der Waals surface area contributed by atoms with Gasteiger partial charge in [-0.05, 0) is 37.5 Å². The number of anilines is 1. The summed E-state index contributed by atoms with van der Waals surface area (Å²) in [5.41, 5.74) is 9.54. The number of nitrogens with zero attached hydrogens (tertiary/aromatic N) is 6. The Morgan fingerprint density at radius 3 is 2.85 bits per heavy atom. The summed E-state index contributed by atoms with van der Waals surface area (Å²) < 4.78 is 18.6. The molecule has 1 aliphatic heterocycles. The second-order valence-electron chi connectivity index (χ2n) is 8.18. The molecule has 1 saturated heterocycles. The Labute approximate surface area is 197 Å². The van der Waals surface area contributed by atoms with E-state index in [1.165, 1.54) is 0 Å². The van der Waals surface area contributed by atoms with Crippen LogP contribution in [0.5, 0.6) is 5.75 Å². The lowest BCUT2D eigenvalue weighted by atomic mass is 10.1. The average Bonchev–Trinajstić information content (AvgIpc) is 3.54. The van der Waals surface area contributed by atoms with Crippen molar-refractivity contribution >= 4 is 16.9 Å². The summed E-state index contributed by atoms with van der Waals surface area (Å²) in [6, 6.07) is 11.5. The molecule has 1 fully saturated rings. The minimum Gasteiger partial charge on any atom is -0.494 e. The van der Waals surface area contributed by atoms with E-state index in [4.69, 9.17) is 24.9 Å². The average molecular weight is 462 g/mol. The molecule has 4 aromatic rings. The zero-order valence-corrected chi connectivity index (χ0v) is 19.1. The minimum atomic E-state index is 0.149. The van der Waals surface area contributed by atoms with Crippen LogP contribution in [-0.2, 0) is 22.6 Å². The Kier molecular flexibility index (Phi) is 6.59. The van der Waals surface area contributed by atoms with Gasteiger partial charge in [0.25, 0.3) is 0 Å².